The number of amides is 1. The van der Waals surface area contributed by atoms with Crippen LogP contribution in [0.2, 0.25) is 0 Å². The van der Waals surface area contributed by atoms with Gasteiger partial charge in [-0.3, -0.25) is 9.10 Å². The SMILES string of the molecule is Cc1ccc(S(=O)(=O)N2CC(C(=O)N3CCCCC3)Oc3ccccc32)cc1. The summed E-state index contributed by atoms with van der Waals surface area (Å²) >= 11 is 0. The molecule has 2 aromatic rings. The van der Waals surface area contributed by atoms with Gasteiger partial charge in [-0.05, 0) is 50.5 Å². The molecule has 0 spiro atoms. The van der Waals surface area contributed by atoms with Gasteiger partial charge in [0.25, 0.3) is 15.9 Å². The minimum Gasteiger partial charge on any atom is -0.476 e. The lowest BCUT2D eigenvalue weighted by Crippen LogP contribution is -2.52. The number of nitrogens with zero attached hydrogens (tertiary/aromatic N) is 2. The van der Waals surface area contributed by atoms with Crippen LogP contribution in [0.5, 0.6) is 5.75 Å². The highest BCUT2D eigenvalue weighted by molar-refractivity contribution is 7.92. The maximum atomic E-state index is 13.4. The number of hydrogen-bond acceptors (Lipinski definition) is 4. The zero-order chi connectivity index (χ0) is 19.7. The van der Waals surface area contributed by atoms with E-state index in [0.717, 1.165) is 24.8 Å². The lowest BCUT2D eigenvalue weighted by molar-refractivity contribution is -0.139. The van der Waals surface area contributed by atoms with Crippen LogP contribution in [0.1, 0.15) is 24.8 Å². The van der Waals surface area contributed by atoms with Gasteiger partial charge in [0.2, 0.25) is 0 Å². The lowest BCUT2D eigenvalue weighted by atomic mass is 10.1. The third-order valence-electron chi connectivity index (χ3n) is 5.29. The summed E-state index contributed by atoms with van der Waals surface area (Å²) in [5.74, 6) is 0.276. The summed E-state index contributed by atoms with van der Waals surface area (Å²) in [5, 5.41) is 0. The quantitative estimate of drug-likeness (QED) is 0.795. The number of carbonyl (C=O) groups excluding carboxylic acids is 1. The van der Waals surface area contributed by atoms with Crippen LogP contribution in [-0.4, -0.2) is 45.0 Å². The Bertz CT molecular complexity index is 966. The lowest BCUT2D eigenvalue weighted by Gasteiger charge is -2.37. The number of benzene rings is 2. The zero-order valence-electron chi connectivity index (χ0n) is 15.9. The fourth-order valence-corrected chi connectivity index (χ4v) is 5.19. The second-order valence-electron chi connectivity index (χ2n) is 7.31. The van der Waals surface area contributed by atoms with Crippen molar-refractivity contribution in [3.63, 3.8) is 0 Å². The first-order chi connectivity index (χ1) is 13.5. The van der Waals surface area contributed by atoms with E-state index in [1.807, 2.05) is 6.92 Å². The smallest absolute Gasteiger partial charge is 0.265 e. The molecule has 28 heavy (non-hydrogen) atoms. The molecule has 0 N–H and O–H groups in total. The number of aryl methyl sites for hydroxylation is 1. The molecule has 2 aromatic carbocycles. The van der Waals surface area contributed by atoms with E-state index < -0.39 is 16.1 Å². The third-order valence-corrected chi connectivity index (χ3v) is 7.08. The Kier molecular flexibility index (Phi) is 5.02. The van der Waals surface area contributed by atoms with Gasteiger partial charge in [-0.25, -0.2) is 8.42 Å². The highest BCUT2D eigenvalue weighted by atomic mass is 32.2. The molecule has 1 amide bonds. The molecule has 0 saturated carbocycles. The zero-order valence-corrected chi connectivity index (χ0v) is 16.7. The molecule has 7 heteroatoms. The van der Waals surface area contributed by atoms with Gasteiger partial charge in [0, 0.05) is 13.1 Å². The summed E-state index contributed by atoms with van der Waals surface area (Å²) in [6.07, 6.45) is 2.22. The standard InChI is InChI=1S/C21H24N2O4S/c1-16-9-11-17(12-10-16)28(25,26)23-15-20(21(24)22-13-5-2-6-14-22)27-19-8-4-3-7-18(19)23/h3-4,7-12,20H,2,5-6,13-15H2,1H3. The van der Waals surface area contributed by atoms with Gasteiger partial charge in [-0.1, -0.05) is 29.8 Å². The Morgan fingerprint density at radius 1 is 1.00 bits per heavy atom. The molecule has 0 aromatic heterocycles. The van der Waals surface area contributed by atoms with E-state index in [4.69, 9.17) is 4.74 Å². The fourth-order valence-electron chi connectivity index (χ4n) is 3.71. The average molecular weight is 401 g/mol. The van der Waals surface area contributed by atoms with Gasteiger partial charge in [0.1, 0.15) is 5.75 Å². The maximum Gasteiger partial charge on any atom is 0.265 e. The van der Waals surface area contributed by atoms with Crippen molar-refractivity contribution < 1.29 is 17.9 Å². The Morgan fingerprint density at radius 3 is 2.39 bits per heavy atom. The first kappa shape index (κ1) is 18.8. The molecule has 4 rings (SSSR count). The van der Waals surface area contributed by atoms with Crippen LogP contribution >= 0.6 is 0 Å². The second kappa shape index (κ2) is 7.47. The Balaban J connectivity index is 1.69. The molecule has 6 nitrogen and oxygen atoms in total. The number of piperidine rings is 1. The number of para-hydroxylation sites is 2. The van der Waals surface area contributed by atoms with Gasteiger partial charge in [0.15, 0.2) is 6.10 Å². The average Bonchev–Trinajstić information content (AvgIpc) is 2.73. The maximum absolute atomic E-state index is 13.4. The van der Waals surface area contributed by atoms with E-state index in [2.05, 4.69) is 0 Å². The molecule has 148 valence electrons. The van der Waals surface area contributed by atoms with Crippen molar-refractivity contribution in [1.29, 1.82) is 0 Å². The summed E-state index contributed by atoms with van der Waals surface area (Å²) in [6, 6.07) is 13.7. The Hall–Kier alpha value is -2.54. The molecule has 1 atom stereocenters. The molecule has 2 aliphatic rings. The third kappa shape index (κ3) is 3.46. The van der Waals surface area contributed by atoms with E-state index in [1.165, 1.54) is 4.31 Å². The molecule has 2 aliphatic heterocycles. The first-order valence-corrected chi connectivity index (χ1v) is 11.0. The van der Waals surface area contributed by atoms with E-state index in [9.17, 15) is 13.2 Å². The number of rotatable bonds is 3. The monoisotopic (exact) mass is 400 g/mol. The van der Waals surface area contributed by atoms with Crippen molar-refractivity contribution in [3.05, 3.63) is 54.1 Å². The second-order valence-corrected chi connectivity index (χ2v) is 9.17. The van der Waals surface area contributed by atoms with Gasteiger partial charge in [-0.15, -0.1) is 0 Å². The van der Waals surface area contributed by atoms with Gasteiger partial charge < -0.3 is 9.64 Å². The molecule has 1 saturated heterocycles. The molecule has 1 unspecified atom stereocenters. The van der Waals surface area contributed by atoms with Crippen LogP contribution in [0, 0.1) is 6.92 Å². The number of ether oxygens (including phenoxy) is 1. The number of fused-ring (bicyclic) bond motifs is 1. The van der Waals surface area contributed by atoms with Crippen molar-refractivity contribution in [2.45, 2.75) is 37.2 Å². The van der Waals surface area contributed by atoms with Gasteiger partial charge in [0.05, 0.1) is 17.1 Å². The van der Waals surface area contributed by atoms with Crippen molar-refractivity contribution in [3.8, 4) is 5.75 Å². The highest BCUT2D eigenvalue weighted by Crippen LogP contribution is 2.37. The van der Waals surface area contributed by atoms with Crippen LogP contribution in [-0.2, 0) is 14.8 Å². The fraction of sp³-hybridized carbons (Fsp3) is 0.381. The minimum absolute atomic E-state index is 0.0252. The molecular weight excluding hydrogens is 376 g/mol. The summed E-state index contributed by atoms with van der Waals surface area (Å²) < 4.78 is 33.9. The first-order valence-electron chi connectivity index (χ1n) is 9.61. The van der Waals surface area contributed by atoms with E-state index in [-0.39, 0.29) is 17.3 Å². The van der Waals surface area contributed by atoms with E-state index in [0.29, 0.717) is 24.5 Å². The highest BCUT2D eigenvalue weighted by Gasteiger charge is 2.39. The number of sulfonamides is 1. The Labute approximate surface area is 165 Å². The topological polar surface area (TPSA) is 66.9 Å². The number of hydrogen-bond donors (Lipinski definition) is 0. The van der Waals surface area contributed by atoms with Crippen LogP contribution in [0.25, 0.3) is 0 Å². The van der Waals surface area contributed by atoms with Crippen LogP contribution < -0.4 is 9.04 Å². The van der Waals surface area contributed by atoms with Gasteiger partial charge in [-0.2, -0.15) is 0 Å². The summed E-state index contributed by atoms with van der Waals surface area (Å²) in [5.41, 5.74) is 1.45. The number of likely N-dealkylation sites (tertiary alicyclic amines) is 1. The molecule has 0 radical (unpaired) electrons. The predicted molar refractivity (Wildman–Crippen MR) is 107 cm³/mol. The Morgan fingerprint density at radius 2 is 1.68 bits per heavy atom. The van der Waals surface area contributed by atoms with E-state index >= 15 is 0 Å². The molecule has 0 bridgehead atoms. The summed E-state index contributed by atoms with van der Waals surface area (Å²) in [6.45, 7) is 3.28. The van der Waals surface area contributed by atoms with Crippen molar-refractivity contribution in [2.24, 2.45) is 0 Å². The van der Waals surface area contributed by atoms with Crippen molar-refractivity contribution >= 4 is 21.6 Å². The molecule has 0 aliphatic carbocycles. The van der Waals surface area contributed by atoms with E-state index in [1.54, 1.807) is 53.4 Å². The van der Waals surface area contributed by atoms with Crippen LogP contribution in [0.4, 0.5) is 5.69 Å². The molecular formula is C21H24N2O4S. The minimum atomic E-state index is -3.81. The number of carbonyl (C=O) groups is 1. The largest absolute Gasteiger partial charge is 0.476 e. The van der Waals surface area contributed by atoms with Crippen LogP contribution in [0.3, 0.4) is 0 Å². The van der Waals surface area contributed by atoms with Gasteiger partial charge >= 0.3 is 0 Å². The van der Waals surface area contributed by atoms with Crippen molar-refractivity contribution in [2.75, 3.05) is 23.9 Å². The predicted octanol–water partition coefficient (Wildman–Crippen LogP) is 2.96. The molecule has 2 heterocycles. The van der Waals surface area contributed by atoms with Crippen LogP contribution in [0.15, 0.2) is 53.4 Å². The normalized spacial score (nSPS) is 19.7. The summed E-state index contributed by atoms with van der Waals surface area (Å²) in [7, 11) is -3.81. The number of anilines is 1. The molecule has 1 fully saturated rings. The summed E-state index contributed by atoms with van der Waals surface area (Å²) in [4.78, 5) is 15.0. The van der Waals surface area contributed by atoms with Crippen molar-refractivity contribution in [1.82, 2.24) is 4.90 Å².